The Kier molecular flexibility index (Phi) is 3.51. The average molecular weight is 258 g/mol. The Morgan fingerprint density at radius 1 is 1.29 bits per heavy atom. The molecule has 0 unspecified atom stereocenters. The van der Waals surface area contributed by atoms with Gasteiger partial charge in [-0.25, -0.2) is 8.78 Å². The summed E-state index contributed by atoms with van der Waals surface area (Å²) in [5.41, 5.74) is 4.59. The smallest absolute Gasteiger partial charge is 0.259 e. The first kappa shape index (κ1) is 12.2. The molecule has 0 spiro atoms. The Balaban J connectivity index is 2.32. The number of halogens is 2. The number of amides is 1. The molecule has 1 aromatic carbocycles. The first-order valence-electron chi connectivity index (χ1n) is 5.21. The van der Waals surface area contributed by atoms with Crippen molar-refractivity contribution in [2.24, 2.45) is 0 Å². The monoisotopic (exact) mass is 258 g/mol. The standard InChI is InChI=1S/C11H12F2N2OS/c12-7-1-2-8(14)10(13)9(7)11(16)15-3-5-17-6-4-15/h1-2H,3-6,14H2. The zero-order valence-electron chi connectivity index (χ0n) is 9.08. The quantitative estimate of drug-likeness (QED) is 0.780. The van der Waals surface area contributed by atoms with Crippen molar-refractivity contribution in [3.05, 3.63) is 29.3 Å². The molecule has 92 valence electrons. The number of nitrogen functional groups attached to an aromatic ring is 1. The SMILES string of the molecule is Nc1ccc(F)c(C(=O)N2CCSCC2)c1F. The van der Waals surface area contributed by atoms with Gasteiger partial charge in [0.1, 0.15) is 11.4 Å². The van der Waals surface area contributed by atoms with Crippen LogP contribution in [0, 0.1) is 11.6 Å². The first-order valence-corrected chi connectivity index (χ1v) is 6.37. The van der Waals surface area contributed by atoms with Gasteiger partial charge in [0, 0.05) is 24.6 Å². The first-order chi connectivity index (χ1) is 8.11. The minimum Gasteiger partial charge on any atom is -0.396 e. The Morgan fingerprint density at radius 2 is 1.94 bits per heavy atom. The van der Waals surface area contributed by atoms with Crippen molar-refractivity contribution in [3.63, 3.8) is 0 Å². The second-order valence-electron chi connectivity index (χ2n) is 3.73. The fourth-order valence-electron chi connectivity index (χ4n) is 1.69. The third-order valence-electron chi connectivity index (χ3n) is 2.63. The minimum absolute atomic E-state index is 0.207. The van der Waals surface area contributed by atoms with Crippen LogP contribution >= 0.6 is 11.8 Å². The van der Waals surface area contributed by atoms with Crippen molar-refractivity contribution in [2.75, 3.05) is 30.3 Å². The molecular weight excluding hydrogens is 246 g/mol. The van der Waals surface area contributed by atoms with E-state index in [2.05, 4.69) is 0 Å². The molecule has 1 aliphatic rings. The van der Waals surface area contributed by atoms with Crippen LogP contribution in [0.3, 0.4) is 0 Å². The van der Waals surface area contributed by atoms with E-state index in [1.54, 1.807) is 11.8 Å². The van der Waals surface area contributed by atoms with Crippen LogP contribution in [-0.4, -0.2) is 35.4 Å². The second-order valence-corrected chi connectivity index (χ2v) is 4.95. The van der Waals surface area contributed by atoms with Gasteiger partial charge in [0.2, 0.25) is 0 Å². The molecule has 1 amide bonds. The largest absolute Gasteiger partial charge is 0.396 e. The third-order valence-corrected chi connectivity index (χ3v) is 3.58. The number of rotatable bonds is 1. The average Bonchev–Trinajstić information content (AvgIpc) is 2.35. The van der Waals surface area contributed by atoms with Gasteiger partial charge >= 0.3 is 0 Å². The molecule has 0 aliphatic carbocycles. The number of nitrogens with two attached hydrogens (primary N) is 1. The molecule has 1 aromatic rings. The molecule has 3 nitrogen and oxygen atoms in total. The molecule has 0 bridgehead atoms. The molecule has 0 radical (unpaired) electrons. The highest BCUT2D eigenvalue weighted by Gasteiger charge is 2.25. The zero-order valence-corrected chi connectivity index (χ0v) is 9.90. The topological polar surface area (TPSA) is 46.3 Å². The molecule has 0 atom stereocenters. The number of nitrogens with zero attached hydrogens (tertiary/aromatic N) is 1. The molecule has 1 heterocycles. The fraction of sp³-hybridized carbons (Fsp3) is 0.364. The lowest BCUT2D eigenvalue weighted by molar-refractivity contribution is 0.0762. The maximum Gasteiger partial charge on any atom is 0.259 e. The number of carbonyl (C=O) groups is 1. The summed E-state index contributed by atoms with van der Waals surface area (Å²) in [5.74, 6) is -0.866. The highest BCUT2D eigenvalue weighted by Crippen LogP contribution is 2.21. The van der Waals surface area contributed by atoms with Crippen molar-refractivity contribution >= 4 is 23.4 Å². The van der Waals surface area contributed by atoms with Crippen LogP contribution in [0.5, 0.6) is 0 Å². The van der Waals surface area contributed by atoms with E-state index < -0.39 is 23.1 Å². The van der Waals surface area contributed by atoms with Gasteiger partial charge in [-0.05, 0) is 12.1 Å². The van der Waals surface area contributed by atoms with Crippen molar-refractivity contribution < 1.29 is 13.6 Å². The van der Waals surface area contributed by atoms with Gasteiger partial charge in [-0.2, -0.15) is 11.8 Å². The van der Waals surface area contributed by atoms with Crippen LogP contribution in [0.1, 0.15) is 10.4 Å². The predicted molar refractivity (Wildman–Crippen MR) is 64.0 cm³/mol. The number of hydrogen-bond acceptors (Lipinski definition) is 3. The van der Waals surface area contributed by atoms with Gasteiger partial charge in [0.05, 0.1) is 5.69 Å². The maximum atomic E-state index is 13.7. The normalized spacial score (nSPS) is 16.0. The predicted octanol–water partition coefficient (Wildman–Crippen LogP) is 1.74. The van der Waals surface area contributed by atoms with Gasteiger partial charge in [-0.3, -0.25) is 4.79 Å². The molecule has 17 heavy (non-hydrogen) atoms. The molecule has 0 saturated carbocycles. The van der Waals surface area contributed by atoms with E-state index in [1.807, 2.05) is 0 Å². The number of thioether (sulfide) groups is 1. The van der Waals surface area contributed by atoms with Crippen LogP contribution in [0.2, 0.25) is 0 Å². The Bertz CT molecular complexity index is 447. The molecule has 1 saturated heterocycles. The molecule has 0 aromatic heterocycles. The molecule has 1 fully saturated rings. The van der Waals surface area contributed by atoms with E-state index in [4.69, 9.17) is 5.73 Å². The van der Waals surface area contributed by atoms with Crippen LogP contribution in [0.15, 0.2) is 12.1 Å². The van der Waals surface area contributed by atoms with E-state index in [1.165, 1.54) is 4.90 Å². The summed E-state index contributed by atoms with van der Waals surface area (Å²) in [6.45, 7) is 1.02. The van der Waals surface area contributed by atoms with E-state index in [9.17, 15) is 13.6 Å². The van der Waals surface area contributed by atoms with Crippen LogP contribution in [0.25, 0.3) is 0 Å². The van der Waals surface area contributed by atoms with E-state index in [-0.39, 0.29) is 5.69 Å². The number of hydrogen-bond donors (Lipinski definition) is 1. The lowest BCUT2D eigenvalue weighted by atomic mass is 10.1. The zero-order chi connectivity index (χ0) is 12.4. The maximum absolute atomic E-state index is 13.7. The summed E-state index contributed by atoms with van der Waals surface area (Å²) >= 11 is 1.72. The minimum atomic E-state index is -0.965. The summed E-state index contributed by atoms with van der Waals surface area (Å²) in [6.07, 6.45) is 0. The number of benzene rings is 1. The van der Waals surface area contributed by atoms with Crippen LogP contribution in [-0.2, 0) is 0 Å². The third kappa shape index (κ3) is 2.36. The van der Waals surface area contributed by atoms with Crippen LogP contribution in [0.4, 0.5) is 14.5 Å². The van der Waals surface area contributed by atoms with Gasteiger partial charge < -0.3 is 10.6 Å². The number of anilines is 1. The summed E-state index contributed by atoms with van der Waals surface area (Å²) in [4.78, 5) is 13.4. The van der Waals surface area contributed by atoms with E-state index >= 15 is 0 Å². The van der Waals surface area contributed by atoms with Crippen molar-refractivity contribution in [2.45, 2.75) is 0 Å². The molecule has 1 aliphatic heterocycles. The van der Waals surface area contributed by atoms with Crippen molar-refractivity contribution in [3.8, 4) is 0 Å². The Morgan fingerprint density at radius 3 is 2.59 bits per heavy atom. The molecule has 6 heteroatoms. The van der Waals surface area contributed by atoms with Gasteiger partial charge in [-0.1, -0.05) is 0 Å². The molecular formula is C11H12F2N2OS. The van der Waals surface area contributed by atoms with Gasteiger partial charge in [0.25, 0.3) is 5.91 Å². The Labute approximate surface area is 102 Å². The van der Waals surface area contributed by atoms with E-state index in [0.717, 1.165) is 23.6 Å². The highest BCUT2D eigenvalue weighted by molar-refractivity contribution is 7.99. The highest BCUT2D eigenvalue weighted by atomic mass is 32.2. The Hall–Kier alpha value is -1.30. The van der Waals surface area contributed by atoms with Gasteiger partial charge in [0.15, 0.2) is 5.82 Å². The second kappa shape index (κ2) is 4.91. The number of carbonyl (C=O) groups excluding carboxylic acids is 1. The lowest BCUT2D eigenvalue weighted by Crippen LogP contribution is -2.38. The molecule has 2 N–H and O–H groups in total. The van der Waals surface area contributed by atoms with Crippen molar-refractivity contribution in [1.29, 1.82) is 0 Å². The van der Waals surface area contributed by atoms with E-state index in [0.29, 0.717) is 13.1 Å². The molecule has 2 rings (SSSR count). The summed E-state index contributed by atoms with van der Waals surface area (Å²) in [7, 11) is 0. The van der Waals surface area contributed by atoms with Crippen molar-refractivity contribution in [1.82, 2.24) is 4.90 Å². The lowest BCUT2D eigenvalue weighted by Gasteiger charge is -2.26. The van der Waals surface area contributed by atoms with Gasteiger partial charge in [-0.15, -0.1) is 0 Å². The van der Waals surface area contributed by atoms with Crippen LogP contribution < -0.4 is 5.73 Å². The fourth-order valence-corrected chi connectivity index (χ4v) is 2.59. The summed E-state index contributed by atoms with van der Waals surface area (Å²) in [6, 6.07) is 2.14. The summed E-state index contributed by atoms with van der Waals surface area (Å²) < 4.78 is 27.1. The summed E-state index contributed by atoms with van der Waals surface area (Å²) in [5, 5.41) is 0.